The second-order valence-corrected chi connectivity index (χ2v) is 7.51. The molecule has 0 spiro atoms. The summed E-state index contributed by atoms with van der Waals surface area (Å²) in [5.74, 6) is -0.133. The molecule has 150 valence electrons. The molecule has 8 nitrogen and oxygen atoms in total. The zero-order chi connectivity index (χ0) is 21.1. The molecule has 9 heteroatoms. The van der Waals surface area contributed by atoms with Crippen LogP contribution in [-0.2, 0) is 6.42 Å². The molecule has 0 amide bonds. The Labute approximate surface area is 175 Å². The van der Waals surface area contributed by atoms with Crippen LogP contribution in [0.5, 0.6) is 0 Å². The van der Waals surface area contributed by atoms with E-state index in [4.69, 9.17) is 5.11 Å². The maximum absolute atomic E-state index is 11.2. The number of carboxylic acid groups (broad SMARTS) is 1. The van der Waals surface area contributed by atoms with Gasteiger partial charge < -0.3 is 10.4 Å². The lowest BCUT2D eigenvalue weighted by atomic mass is 10.1. The van der Waals surface area contributed by atoms with Crippen LogP contribution in [0.1, 0.15) is 15.9 Å². The minimum atomic E-state index is -1.02. The van der Waals surface area contributed by atoms with Crippen LogP contribution in [0.15, 0.2) is 60.7 Å². The van der Waals surface area contributed by atoms with Crippen molar-refractivity contribution >= 4 is 38.3 Å². The Bertz CT molecular complexity index is 1220. The van der Waals surface area contributed by atoms with Crippen LogP contribution >= 0.6 is 11.3 Å². The Hall–Kier alpha value is -3.85. The zero-order valence-electron chi connectivity index (χ0n) is 15.6. The van der Waals surface area contributed by atoms with Crippen LogP contribution in [0.2, 0.25) is 0 Å². The summed E-state index contributed by atoms with van der Waals surface area (Å²) in [5.41, 5.74) is 1.95. The molecule has 0 aliphatic rings. The number of nitro groups is 1. The lowest BCUT2D eigenvalue weighted by Gasteiger charge is -2.09. The highest BCUT2D eigenvalue weighted by atomic mass is 32.1. The molecule has 2 aromatic carbocycles. The molecule has 0 fully saturated rings. The third-order valence-corrected chi connectivity index (χ3v) is 5.48. The van der Waals surface area contributed by atoms with Gasteiger partial charge in [-0.3, -0.25) is 10.1 Å². The first-order chi connectivity index (χ1) is 14.5. The number of benzene rings is 2. The van der Waals surface area contributed by atoms with E-state index in [2.05, 4.69) is 15.3 Å². The average molecular weight is 420 g/mol. The monoisotopic (exact) mass is 420 g/mol. The molecule has 0 saturated carbocycles. The van der Waals surface area contributed by atoms with Gasteiger partial charge in [0.05, 0.1) is 15.9 Å². The van der Waals surface area contributed by atoms with Crippen molar-refractivity contribution < 1.29 is 14.8 Å². The highest BCUT2D eigenvalue weighted by Crippen LogP contribution is 2.35. The smallest absolute Gasteiger partial charge is 0.335 e. The highest BCUT2D eigenvalue weighted by molar-refractivity contribution is 7.21. The van der Waals surface area contributed by atoms with E-state index < -0.39 is 10.9 Å². The summed E-state index contributed by atoms with van der Waals surface area (Å²) < 4.78 is 0. The number of thiophene rings is 1. The van der Waals surface area contributed by atoms with Gasteiger partial charge in [-0.25, -0.2) is 14.8 Å². The molecule has 2 heterocycles. The summed E-state index contributed by atoms with van der Waals surface area (Å²) in [5, 5.41) is 24.1. The van der Waals surface area contributed by atoms with Crippen molar-refractivity contribution in [2.24, 2.45) is 0 Å². The molecule has 30 heavy (non-hydrogen) atoms. The van der Waals surface area contributed by atoms with Crippen molar-refractivity contribution in [2.75, 3.05) is 11.9 Å². The van der Waals surface area contributed by atoms with Crippen molar-refractivity contribution in [2.45, 2.75) is 6.42 Å². The SMILES string of the molecule is O=C(O)c1ccc(-c2nc(NCCc3ccccc3)c3cc([N+](=O)[O-])sc3n2)cc1. The van der Waals surface area contributed by atoms with Gasteiger partial charge in [-0.2, -0.15) is 0 Å². The predicted octanol–water partition coefficient (Wildman–Crippen LogP) is 4.62. The van der Waals surface area contributed by atoms with E-state index in [0.29, 0.717) is 34.0 Å². The first kappa shape index (κ1) is 19.5. The van der Waals surface area contributed by atoms with Gasteiger partial charge >= 0.3 is 11.0 Å². The van der Waals surface area contributed by atoms with Crippen LogP contribution in [-0.4, -0.2) is 32.5 Å². The van der Waals surface area contributed by atoms with Gasteiger partial charge in [-0.15, -0.1) is 0 Å². The second-order valence-electron chi connectivity index (χ2n) is 6.50. The molecule has 0 radical (unpaired) electrons. The van der Waals surface area contributed by atoms with Crippen molar-refractivity contribution in [1.29, 1.82) is 0 Å². The minimum Gasteiger partial charge on any atom is -0.478 e. The molecule has 0 aliphatic carbocycles. The van der Waals surface area contributed by atoms with Gasteiger partial charge in [-0.1, -0.05) is 42.5 Å². The number of hydrogen-bond acceptors (Lipinski definition) is 7. The summed E-state index contributed by atoms with van der Waals surface area (Å²) in [6.45, 7) is 0.594. The molecule has 0 bridgehead atoms. The largest absolute Gasteiger partial charge is 0.478 e. The highest BCUT2D eigenvalue weighted by Gasteiger charge is 2.18. The first-order valence-electron chi connectivity index (χ1n) is 9.09. The van der Waals surface area contributed by atoms with Crippen molar-refractivity contribution in [3.05, 3.63) is 81.9 Å². The fourth-order valence-electron chi connectivity index (χ4n) is 2.99. The number of rotatable bonds is 7. The molecule has 2 aromatic heterocycles. The fraction of sp³-hybridized carbons (Fsp3) is 0.0952. The van der Waals surface area contributed by atoms with Crippen molar-refractivity contribution in [1.82, 2.24) is 9.97 Å². The predicted molar refractivity (Wildman–Crippen MR) is 115 cm³/mol. The van der Waals surface area contributed by atoms with Crippen LogP contribution in [0.3, 0.4) is 0 Å². The quantitative estimate of drug-likeness (QED) is 0.331. The Kier molecular flexibility index (Phi) is 5.36. The normalized spacial score (nSPS) is 10.8. The molecule has 4 rings (SSSR count). The average Bonchev–Trinajstić information content (AvgIpc) is 3.19. The van der Waals surface area contributed by atoms with Crippen LogP contribution in [0, 0.1) is 10.1 Å². The molecule has 0 saturated heterocycles. The van der Waals surface area contributed by atoms with Crippen molar-refractivity contribution in [3.63, 3.8) is 0 Å². The topological polar surface area (TPSA) is 118 Å². The van der Waals surface area contributed by atoms with Gasteiger partial charge in [0.2, 0.25) is 0 Å². The third kappa shape index (κ3) is 4.11. The van der Waals surface area contributed by atoms with Crippen LogP contribution in [0.25, 0.3) is 21.6 Å². The Morgan fingerprint density at radius 2 is 1.83 bits per heavy atom. The zero-order valence-corrected chi connectivity index (χ0v) is 16.4. The van der Waals surface area contributed by atoms with Crippen molar-refractivity contribution in [3.8, 4) is 11.4 Å². The molecule has 2 N–H and O–H groups in total. The number of nitrogens with zero attached hydrogens (tertiary/aromatic N) is 3. The first-order valence-corrected chi connectivity index (χ1v) is 9.90. The third-order valence-electron chi connectivity index (χ3n) is 4.50. The van der Waals surface area contributed by atoms with E-state index in [1.165, 1.54) is 18.2 Å². The Morgan fingerprint density at radius 1 is 1.10 bits per heavy atom. The molecule has 4 aromatic rings. The number of anilines is 1. The van der Waals surface area contributed by atoms with Gasteiger partial charge in [0.1, 0.15) is 10.6 Å². The lowest BCUT2D eigenvalue weighted by Crippen LogP contribution is -2.07. The van der Waals surface area contributed by atoms with E-state index in [1.54, 1.807) is 12.1 Å². The fourth-order valence-corrected chi connectivity index (χ4v) is 3.84. The summed E-state index contributed by atoms with van der Waals surface area (Å²) in [4.78, 5) is 31.4. The summed E-state index contributed by atoms with van der Waals surface area (Å²) in [6.07, 6.45) is 0.765. The van der Waals surface area contributed by atoms with E-state index >= 15 is 0 Å². The van der Waals surface area contributed by atoms with Gasteiger partial charge in [0.15, 0.2) is 5.82 Å². The number of carbonyl (C=O) groups is 1. The van der Waals surface area contributed by atoms with Gasteiger partial charge in [-0.05, 0) is 35.5 Å². The van der Waals surface area contributed by atoms with Gasteiger partial charge in [0.25, 0.3) is 0 Å². The number of aromatic carboxylic acids is 1. The number of carboxylic acids is 1. The molecule has 0 unspecified atom stereocenters. The summed E-state index contributed by atoms with van der Waals surface area (Å²) >= 11 is 0.982. The van der Waals surface area contributed by atoms with E-state index in [9.17, 15) is 14.9 Å². The summed E-state index contributed by atoms with van der Waals surface area (Å²) in [6, 6.07) is 17.6. The number of fused-ring (bicyclic) bond motifs is 1. The second kappa shape index (κ2) is 8.26. The molecule has 0 atom stereocenters. The maximum Gasteiger partial charge on any atom is 0.335 e. The number of nitrogens with one attached hydrogen (secondary N) is 1. The molecular formula is C21H16N4O4S. The number of hydrogen-bond donors (Lipinski definition) is 2. The van der Waals surface area contributed by atoms with Gasteiger partial charge in [0, 0.05) is 18.2 Å². The molecular weight excluding hydrogens is 404 g/mol. The van der Waals surface area contributed by atoms with E-state index in [0.717, 1.165) is 23.3 Å². The maximum atomic E-state index is 11.2. The lowest BCUT2D eigenvalue weighted by molar-refractivity contribution is -0.380. The van der Waals surface area contributed by atoms with Crippen LogP contribution < -0.4 is 5.32 Å². The minimum absolute atomic E-state index is 0.0104. The Balaban J connectivity index is 1.68. The molecule has 0 aliphatic heterocycles. The van der Waals surface area contributed by atoms with E-state index in [1.807, 2.05) is 30.3 Å². The number of aromatic nitrogens is 2. The summed E-state index contributed by atoms with van der Waals surface area (Å²) in [7, 11) is 0. The van der Waals surface area contributed by atoms with Crippen LogP contribution in [0.4, 0.5) is 10.8 Å². The van der Waals surface area contributed by atoms with E-state index in [-0.39, 0.29) is 10.6 Å². The Morgan fingerprint density at radius 3 is 2.50 bits per heavy atom. The standard InChI is InChI=1S/C21H16N4O4S/c26-21(27)15-8-6-14(7-9-15)18-23-19(22-11-10-13-4-2-1-3-5-13)16-12-17(25(28)29)30-20(16)24-18/h1-9,12H,10-11H2,(H,26,27)(H,22,23,24).